The molecule has 1 N–H and O–H groups in total. The van der Waals surface area contributed by atoms with Crippen molar-refractivity contribution < 1.29 is 9.53 Å². The number of carbonyl (C=O) groups is 1. The van der Waals surface area contributed by atoms with Gasteiger partial charge < -0.3 is 10.1 Å². The Balaban J connectivity index is 2.25. The minimum absolute atomic E-state index is 0.0774. The molecule has 0 fully saturated rings. The summed E-state index contributed by atoms with van der Waals surface area (Å²) in [6.07, 6.45) is 3.69. The molecule has 5 heteroatoms. The molecule has 0 aliphatic carbocycles. The molecule has 0 saturated heterocycles. The van der Waals surface area contributed by atoms with Crippen molar-refractivity contribution in [3.63, 3.8) is 0 Å². The van der Waals surface area contributed by atoms with Crippen LogP contribution in [0.5, 0.6) is 5.75 Å². The molecule has 2 aromatic rings. The second-order valence-corrected chi connectivity index (χ2v) is 4.76. The fraction of sp³-hybridized carbons (Fsp3) is 0.333. The summed E-state index contributed by atoms with van der Waals surface area (Å²) in [6.45, 7) is 4.20. The van der Waals surface area contributed by atoms with E-state index in [9.17, 15) is 4.79 Å². The molecule has 1 amide bonds. The van der Waals surface area contributed by atoms with Gasteiger partial charge in [-0.1, -0.05) is 18.2 Å². The van der Waals surface area contributed by atoms with E-state index in [-0.39, 0.29) is 18.6 Å². The number of para-hydroxylation sites is 1. The predicted octanol–water partition coefficient (Wildman–Crippen LogP) is 2.08. The van der Waals surface area contributed by atoms with Crippen LogP contribution < -0.4 is 10.1 Å². The van der Waals surface area contributed by atoms with Gasteiger partial charge in [-0.2, -0.15) is 5.10 Å². The van der Waals surface area contributed by atoms with Crippen molar-refractivity contribution in [3.05, 3.63) is 36.7 Å². The Morgan fingerprint density at radius 1 is 1.40 bits per heavy atom. The van der Waals surface area contributed by atoms with Crippen molar-refractivity contribution >= 4 is 5.91 Å². The van der Waals surface area contributed by atoms with Crippen LogP contribution in [-0.4, -0.2) is 28.8 Å². The van der Waals surface area contributed by atoms with Crippen LogP contribution in [0.4, 0.5) is 0 Å². The van der Waals surface area contributed by atoms with E-state index in [2.05, 4.69) is 10.4 Å². The van der Waals surface area contributed by atoms with Gasteiger partial charge in [0.1, 0.15) is 12.3 Å². The second-order valence-electron chi connectivity index (χ2n) is 4.76. The highest BCUT2D eigenvalue weighted by atomic mass is 16.5. The number of benzene rings is 1. The molecule has 0 aliphatic rings. The zero-order valence-electron chi connectivity index (χ0n) is 12.0. The fourth-order valence-electron chi connectivity index (χ4n) is 1.88. The van der Waals surface area contributed by atoms with Crippen molar-refractivity contribution in [1.82, 2.24) is 15.1 Å². The average molecular weight is 273 g/mol. The summed E-state index contributed by atoms with van der Waals surface area (Å²) >= 11 is 0. The highest BCUT2D eigenvalue weighted by Crippen LogP contribution is 2.30. The molecule has 0 bridgehead atoms. The molecule has 20 heavy (non-hydrogen) atoms. The zero-order valence-corrected chi connectivity index (χ0v) is 12.0. The van der Waals surface area contributed by atoms with Crippen molar-refractivity contribution in [2.45, 2.75) is 26.5 Å². The summed E-state index contributed by atoms with van der Waals surface area (Å²) in [7, 11) is 1.61. The normalized spacial score (nSPS) is 10.6. The van der Waals surface area contributed by atoms with E-state index < -0.39 is 0 Å². The number of carbonyl (C=O) groups excluding carboxylic acids is 1. The van der Waals surface area contributed by atoms with E-state index in [0.29, 0.717) is 0 Å². The van der Waals surface area contributed by atoms with Gasteiger partial charge in [0.2, 0.25) is 5.91 Å². The van der Waals surface area contributed by atoms with E-state index in [1.165, 1.54) is 0 Å². The Bertz CT molecular complexity index is 590. The van der Waals surface area contributed by atoms with Crippen LogP contribution >= 0.6 is 0 Å². The van der Waals surface area contributed by atoms with Gasteiger partial charge in [0.25, 0.3) is 0 Å². The first-order valence-corrected chi connectivity index (χ1v) is 6.59. The van der Waals surface area contributed by atoms with Crippen molar-refractivity contribution in [2.75, 3.05) is 7.05 Å². The summed E-state index contributed by atoms with van der Waals surface area (Å²) in [5, 5.41) is 6.78. The van der Waals surface area contributed by atoms with Gasteiger partial charge in [-0.25, -0.2) is 0 Å². The number of rotatable bonds is 5. The SMILES string of the molecule is CNC(=O)Cn1cc(-c2ccccc2OC(C)C)cn1. The maximum atomic E-state index is 11.3. The molecule has 1 heterocycles. The minimum atomic E-state index is -0.0774. The summed E-state index contributed by atoms with van der Waals surface area (Å²) in [5.74, 6) is 0.744. The molecule has 0 saturated carbocycles. The molecular weight excluding hydrogens is 254 g/mol. The van der Waals surface area contributed by atoms with Crippen LogP contribution in [0.2, 0.25) is 0 Å². The molecule has 5 nitrogen and oxygen atoms in total. The Morgan fingerprint density at radius 2 is 2.15 bits per heavy atom. The quantitative estimate of drug-likeness (QED) is 0.907. The van der Waals surface area contributed by atoms with Crippen molar-refractivity contribution in [1.29, 1.82) is 0 Å². The third kappa shape index (κ3) is 3.38. The lowest BCUT2D eigenvalue weighted by Crippen LogP contribution is -2.23. The van der Waals surface area contributed by atoms with Crippen LogP contribution in [0.15, 0.2) is 36.7 Å². The van der Waals surface area contributed by atoms with E-state index in [1.807, 2.05) is 44.3 Å². The molecule has 0 unspecified atom stereocenters. The van der Waals surface area contributed by atoms with Crippen molar-refractivity contribution in [2.24, 2.45) is 0 Å². The Labute approximate surface area is 118 Å². The molecule has 0 spiro atoms. The van der Waals surface area contributed by atoms with Crippen LogP contribution in [0.3, 0.4) is 0 Å². The lowest BCUT2D eigenvalue weighted by molar-refractivity contribution is -0.121. The molecule has 0 aliphatic heterocycles. The topological polar surface area (TPSA) is 56.2 Å². The second kappa shape index (κ2) is 6.23. The van der Waals surface area contributed by atoms with Gasteiger partial charge in [-0.15, -0.1) is 0 Å². The molecule has 0 radical (unpaired) electrons. The monoisotopic (exact) mass is 273 g/mol. The Hall–Kier alpha value is -2.30. The number of aromatic nitrogens is 2. The lowest BCUT2D eigenvalue weighted by Gasteiger charge is -2.13. The van der Waals surface area contributed by atoms with Gasteiger partial charge in [0.15, 0.2) is 0 Å². The number of hydrogen-bond acceptors (Lipinski definition) is 3. The van der Waals surface area contributed by atoms with Crippen LogP contribution in [0, 0.1) is 0 Å². The highest BCUT2D eigenvalue weighted by Gasteiger charge is 2.10. The zero-order chi connectivity index (χ0) is 14.5. The smallest absolute Gasteiger partial charge is 0.241 e. The molecule has 2 rings (SSSR count). The van der Waals surface area contributed by atoms with Gasteiger partial charge >= 0.3 is 0 Å². The first-order chi connectivity index (χ1) is 9.60. The number of amides is 1. The van der Waals surface area contributed by atoms with E-state index in [4.69, 9.17) is 4.74 Å². The standard InChI is InChI=1S/C15H19N3O2/c1-11(2)20-14-7-5-4-6-13(14)12-8-17-18(9-12)10-15(19)16-3/h4-9,11H,10H2,1-3H3,(H,16,19). The molecule has 1 aromatic carbocycles. The van der Waals surface area contributed by atoms with Gasteiger partial charge in [-0.3, -0.25) is 9.48 Å². The summed E-state index contributed by atoms with van der Waals surface area (Å²) in [6, 6.07) is 7.82. The first kappa shape index (κ1) is 14.1. The van der Waals surface area contributed by atoms with Crippen molar-refractivity contribution in [3.8, 4) is 16.9 Å². The Morgan fingerprint density at radius 3 is 2.85 bits per heavy atom. The third-order valence-electron chi connectivity index (χ3n) is 2.78. The van der Waals surface area contributed by atoms with Gasteiger partial charge in [-0.05, 0) is 19.9 Å². The summed E-state index contributed by atoms with van der Waals surface area (Å²) in [5.41, 5.74) is 1.91. The third-order valence-corrected chi connectivity index (χ3v) is 2.78. The maximum Gasteiger partial charge on any atom is 0.241 e. The predicted molar refractivity (Wildman–Crippen MR) is 77.5 cm³/mol. The fourth-order valence-corrected chi connectivity index (χ4v) is 1.88. The summed E-state index contributed by atoms with van der Waals surface area (Å²) < 4.78 is 7.41. The first-order valence-electron chi connectivity index (χ1n) is 6.59. The number of hydrogen-bond donors (Lipinski definition) is 1. The summed E-state index contributed by atoms with van der Waals surface area (Å²) in [4.78, 5) is 11.3. The molecule has 1 aromatic heterocycles. The molecule has 106 valence electrons. The van der Waals surface area contributed by atoms with Crippen LogP contribution in [-0.2, 0) is 11.3 Å². The number of likely N-dealkylation sites (N-methyl/N-ethyl adjacent to an activating group) is 1. The molecule has 0 atom stereocenters. The number of nitrogens with zero attached hydrogens (tertiary/aromatic N) is 2. The Kier molecular flexibility index (Phi) is 4.40. The van der Waals surface area contributed by atoms with Gasteiger partial charge in [0.05, 0.1) is 12.3 Å². The van der Waals surface area contributed by atoms with E-state index in [0.717, 1.165) is 16.9 Å². The van der Waals surface area contributed by atoms with Crippen LogP contribution in [0.25, 0.3) is 11.1 Å². The minimum Gasteiger partial charge on any atom is -0.490 e. The number of nitrogens with one attached hydrogen (secondary N) is 1. The van der Waals surface area contributed by atoms with Gasteiger partial charge in [0, 0.05) is 24.4 Å². The van der Waals surface area contributed by atoms with Crippen LogP contribution in [0.1, 0.15) is 13.8 Å². The highest BCUT2D eigenvalue weighted by molar-refractivity contribution is 5.75. The maximum absolute atomic E-state index is 11.3. The largest absolute Gasteiger partial charge is 0.490 e. The van der Waals surface area contributed by atoms with E-state index in [1.54, 1.807) is 17.9 Å². The van der Waals surface area contributed by atoms with E-state index >= 15 is 0 Å². The number of ether oxygens (including phenoxy) is 1. The average Bonchev–Trinajstić information content (AvgIpc) is 2.87. The lowest BCUT2D eigenvalue weighted by atomic mass is 10.1. The molecular formula is C15H19N3O2.